The Labute approximate surface area is 295 Å². The molecule has 8 aromatic carbocycles. The number of fused-ring (bicyclic) bond motifs is 6. The van der Waals surface area contributed by atoms with Crippen molar-refractivity contribution in [2.45, 2.75) is 0 Å². The number of thiophene rings is 1. The van der Waals surface area contributed by atoms with Crippen LogP contribution < -0.4 is 0 Å². The summed E-state index contributed by atoms with van der Waals surface area (Å²) in [7, 11) is 0. The van der Waals surface area contributed by atoms with Crippen LogP contribution in [0.2, 0.25) is 0 Å². The Bertz CT molecular complexity index is 2740. The third kappa shape index (κ3) is 4.69. The van der Waals surface area contributed by atoms with Gasteiger partial charge in [0.1, 0.15) is 0 Å². The number of aromatic nitrogens is 1. The largest absolute Gasteiger partial charge is 0.309 e. The van der Waals surface area contributed by atoms with Gasteiger partial charge < -0.3 is 4.57 Å². The summed E-state index contributed by atoms with van der Waals surface area (Å²) >= 11 is 1.88. The van der Waals surface area contributed by atoms with Gasteiger partial charge in [-0.25, -0.2) is 0 Å². The first-order valence-corrected chi connectivity index (χ1v) is 17.9. The fourth-order valence-corrected chi connectivity index (χ4v) is 8.86. The Hall–Kier alpha value is -6.22. The molecule has 234 valence electrons. The lowest BCUT2D eigenvalue weighted by Crippen LogP contribution is -1.97. The molecule has 2 heteroatoms. The zero-order valence-electron chi connectivity index (χ0n) is 27.3. The quantitative estimate of drug-likeness (QED) is 0.174. The van der Waals surface area contributed by atoms with Crippen LogP contribution in [0.4, 0.5) is 0 Å². The summed E-state index contributed by atoms with van der Waals surface area (Å²) in [5, 5.41) is 5.16. The Kier molecular flexibility index (Phi) is 6.75. The molecule has 0 saturated carbocycles. The minimum absolute atomic E-state index is 1.17. The molecule has 0 N–H and O–H groups in total. The number of benzene rings is 8. The molecular weight excluding hydrogens is 623 g/mol. The predicted octanol–water partition coefficient (Wildman–Crippen LogP) is 13.8. The fraction of sp³-hybridized carbons (Fsp3) is 0. The van der Waals surface area contributed by atoms with Gasteiger partial charge in [-0.15, -0.1) is 11.3 Å². The predicted molar refractivity (Wildman–Crippen MR) is 215 cm³/mol. The number of rotatable bonds is 5. The van der Waals surface area contributed by atoms with E-state index in [2.05, 4.69) is 193 Å². The van der Waals surface area contributed by atoms with E-state index in [9.17, 15) is 0 Å². The van der Waals surface area contributed by atoms with Crippen molar-refractivity contribution in [3.05, 3.63) is 188 Å². The molecule has 0 bridgehead atoms. The number of nitrogens with zero attached hydrogens (tertiary/aromatic N) is 1. The van der Waals surface area contributed by atoms with Gasteiger partial charge in [-0.2, -0.15) is 0 Å². The summed E-state index contributed by atoms with van der Waals surface area (Å²) in [4.78, 5) is 0. The van der Waals surface area contributed by atoms with Crippen molar-refractivity contribution in [3.8, 4) is 50.2 Å². The number of para-hydroxylation sites is 1. The van der Waals surface area contributed by atoms with Crippen molar-refractivity contribution < 1.29 is 0 Å². The van der Waals surface area contributed by atoms with Gasteiger partial charge in [0.2, 0.25) is 0 Å². The van der Waals surface area contributed by atoms with Gasteiger partial charge in [0.15, 0.2) is 0 Å². The first-order valence-electron chi connectivity index (χ1n) is 17.1. The minimum Gasteiger partial charge on any atom is -0.309 e. The average molecular weight is 654 g/mol. The van der Waals surface area contributed by atoms with Gasteiger partial charge in [0.05, 0.1) is 16.7 Å². The smallest absolute Gasteiger partial charge is 0.0541 e. The van der Waals surface area contributed by atoms with Crippen molar-refractivity contribution in [3.63, 3.8) is 0 Å². The van der Waals surface area contributed by atoms with E-state index in [0.29, 0.717) is 0 Å². The maximum atomic E-state index is 2.45. The molecular formula is C48H31NS. The van der Waals surface area contributed by atoms with E-state index < -0.39 is 0 Å². The molecule has 0 aliphatic heterocycles. The molecule has 0 atom stereocenters. The lowest BCUT2D eigenvalue weighted by Gasteiger charge is -2.15. The molecule has 0 unspecified atom stereocenters. The third-order valence-electron chi connectivity index (χ3n) is 10.0. The van der Waals surface area contributed by atoms with Crippen LogP contribution in [0, 0.1) is 0 Å². The van der Waals surface area contributed by atoms with Crippen LogP contribution in [0.1, 0.15) is 0 Å². The van der Waals surface area contributed by atoms with Crippen LogP contribution in [0.15, 0.2) is 188 Å². The molecule has 0 amide bonds. The van der Waals surface area contributed by atoms with Crippen molar-refractivity contribution in [1.82, 2.24) is 4.57 Å². The monoisotopic (exact) mass is 653 g/mol. The maximum Gasteiger partial charge on any atom is 0.0541 e. The van der Waals surface area contributed by atoms with Crippen molar-refractivity contribution >= 4 is 53.3 Å². The van der Waals surface area contributed by atoms with Crippen molar-refractivity contribution in [2.75, 3.05) is 0 Å². The first-order chi connectivity index (χ1) is 24.8. The van der Waals surface area contributed by atoms with Crippen molar-refractivity contribution in [2.24, 2.45) is 0 Å². The second kappa shape index (κ2) is 11.7. The normalized spacial score (nSPS) is 11.6. The fourth-order valence-electron chi connectivity index (χ4n) is 7.62. The van der Waals surface area contributed by atoms with Crippen LogP contribution in [-0.4, -0.2) is 4.57 Å². The highest BCUT2D eigenvalue weighted by Gasteiger charge is 2.18. The SMILES string of the molecule is c1ccc(-c2ccc3c(c2)c2cc(-c4ccccc4)ccc2n3-c2ccccc2-c2ccc(-c3cccc4c3sc3ccccc34)cc2)cc1. The molecule has 2 aromatic heterocycles. The Morgan fingerprint density at radius 2 is 0.820 bits per heavy atom. The van der Waals surface area contributed by atoms with E-state index in [1.54, 1.807) is 0 Å². The molecule has 10 rings (SSSR count). The molecule has 0 saturated heterocycles. The molecule has 0 aliphatic carbocycles. The highest BCUT2D eigenvalue weighted by Crippen LogP contribution is 2.42. The van der Waals surface area contributed by atoms with Gasteiger partial charge in [0, 0.05) is 36.5 Å². The molecule has 0 aliphatic rings. The van der Waals surface area contributed by atoms with E-state index >= 15 is 0 Å². The molecule has 0 spiro atoms. The molecule has 10 aromatic rings. The standard InChI is InChI=1S/C48H31NS/c1-3-12-32(13-4-1)36-26-28-45-42(30-36)43-31-37(33-14-5-2-6-15-33)27-29-46(43)49(45)44-20-9-7-16-38(44)34-22-24-35(25-23-34)39-18-11-19-41-40-17-8-10-21-47(40)50-48(39)41/h1-31H. The average Bonchev–Trinajstić information content (AvgIpc) is 3.74. The van der Waals surface area contributed by atoms with Crippen LogP contribution in [0.25, 0.3) is 92.2 Å². The van der Waals surface area contributed by atoms with Gasteiger partial charge >= 0.3 is 0 Å². The topological polar surface area (TPSA) is 4.93 Å². The highest BCUT2D eigenvalue weighted by atomic mass is 32.1. The Morgan fingerprint density at radius 1 is 0.320 bits per heavy atom. The van der Waals surface area contributed by atoms with Gasteiger partial charge in [-0.05, 0) is 75.3 Å². The van der Waals surface area contributed by atoms with Crippen molar-refractivity contribution in [1.29, 1.82) is 0 Å². The zero-order chi connectivity index (χ0) is 33.0. The first kappa shape index (κ1) is 28.8. The molecule has 2 heterocycles. The highest BCUT2D eigenvalue weighted by molar-refractivity contribution is 7.26. The summed E-state index contributed by atoms with van der Waals surface area (Å²) in [6, 6.07) is 68.6. The van der Waals surface area contributed by atoms with Crippen LogP contribution in [0.3, 0.4) is 0 Å². The lowest BCUT2D eigenvalue weighted by molar-refractivity contribution is 1.18. The lowest BCUT2D eigenvalue weighted by atomic mass is 9.98. The molecule has 1 nitrogen and oxygen atoms in total. The third-order valence-corrected chi connectivity index (χ3v) is 11.3. The van der Waals surface area contributed by atoms with E-state index in [1.807, 2.05) is 11.3 Å². The summed E-state index contributed by atoms with van der Waals surface area (Å²) in [6.45, 7) is 0. The Balaban J connectivity index is 1.14. The second-order valence-electron chi connectivity index (χ2n) is 12.9. The van der Waals surface area contributed by atoms with E-state index in [0.717, 1.165) is 0 Å². The summed E-state index contributed by atoms with van der Waals surface area (Å²) in [6.07, 6.45) is 0. The van der Waals surface area contributed by atoms with E-state index in [-0.39, 0.29) is 0 Å². The van der Waals surface area contributed by atoms with E-state index in [4.69, 9.17) is 0 Å². The van der Waals surface area contributed by atoms with E-state index in [1.165, 1.54) is 92.2 Å². The van der Waals surface area contributed by atoms with Crippen LogP contribution in [0.5, 0.6) is 0 Å². The minimum atomic E-state index is 1.17. The van der Waals surface area contributed by atoms with Gasteiger partial charge in [0.25, 0.3) is 0 Å². The zero-order valence-corrected chi connectivity index (χ0v) is 28.1. The molecule has 50 heavy (non-hydrogen) atoms. The van der Waals surface area contributed by atoms with Gasteiger partial charge in [-0.1, -0.05) is 152 Å². The maximum absolute atomic E-state index is 2.45. The molecule has 0 radical (unpaired) electrons. The number of hydrogen-bond donors (Lipinski definition) is 0. The number of hydrogen-bond acceptors (Lipinski definition) is 1. The van der Waals surface area contributed by atoms with Gasteiger partial charge in [-0.3, -0.25) is 0 Å². The summed E-state index contributed by atoms with van der Waals surface area (Å²) < 4.78 is 5.13. The summed E-state index contributed by atoms with van der Waals surface area (Å²) in [5.74, 6) is 0. The Morgan fingerprint density at radius 3 is 1.48 bits per heavy atom. The van der Waals surface area contributed by atoms with Crippen LogP contribution in [-0.2, 0) is 0 Å². The second-order valence-corrected chi connectivity index (χ2v) is 14.0. The summed E-state index contributed by atoms with van der Waals surface area (Å²) in [5.41, 5.74) is 13.4. The molecule has 0 fully saturated rings. The van der Waals surface area contributed by atoms with Crippen LogP contribution >= 0.6 is 11.3 Å².